The van der Waals surface area contributed by atoms with Gasteiger partial charge in [0.25, 0.3) is 0 Å². The van der Waals surface area contributed by atoms with Gasteiger partial charge >= 0.3 is 60.1 Å². The summed E-state index contributed by atoms with van der Waals surface area (Å²) < 4.78 is 14.5. The monoisotopic (exact) mass is 180 g/mol. The first kappa shape index (κ1) is 10.8. The summed E-state index contributed by atoms with van der Waals surface area (Å²) in [4.78, 5) is 0. The van der Waals surface area contributed by atoms with Crippen molar-refractivity contribution in [2.45, 2.75) is 0 Å². The third kappa shape index (κ3) is 3.81. The first-order valence-corrected chi connectivity index (χ1v) is 3.21. The molecular formula is C6H6KO2P. The molecule has 48 valence electrons. The number of rotatable bonds is 2. The summed E-state index contributed by atoms with van der Waals surface area (Å²) in [7, 11) is -0.305. The summed E-state index contributed by atoms with van der Waals surface area (Å²) in [5, 5.41) is 0. The van der Waals surface area contributed by atoms with Gasteiger partial charge in [0.15, 0.2) is 0 Å². The van der Waals surface area contributed by atoms with Crippen LogP contribution in [0.2, 0.25) is 0 Å². The topological polar surface area (TPSA) is 26.3 Å². The van der Waals surface area contributed by atoms with E-state index in [9.17, 15) is 4.57 Å². The third-order valence-electron chi connectivity index (χ3n) is 0.886. The van der Waals surface area contributed by atoms with E-state index in [1.807, 2.05) is 18.2 Å². The predicted molar refractivity (Wildman–Crippen MR) is 41.8 cm³/mol. The average molecular weight is 180 g/mol. The van der Waals surface area contributed by atoms with Crippen LogP contribution in [0.15, 0.2) is 30.3 Å². The molecule has 0 N–H and O–H groups in total. The summed E-state index contributed by atoms with van der Waals surface area (Å²) in [6.45, 7) is 0. The van der Waals surface area contributed by atoms with Crippen LogP contribution in [0.1, 0.15) is 0 Å². The second kappa shape index (κ2) is 6.47. The van der Waals surface area contributed by atoms with Crippen LogP contribution in [0, 0.1) is 0 Å². The standard InChI is InChI=1S/C6H5O2P.K.H/c7-9-8-6-4-2-1-3-5-6;;/h1-5H;;. The van der Waals surface area contributed by atoms with Crippen molar-refractivity contribution in [3.63, 3.8) is 0 Å². The zero-order chi connectivity index (χ0) is 6.53. The van der Waals surface area contributed by atoms with Gasteiger partial charge in [-0.25, -0.2) is 4.57 Å². The second-order valence-electron chi connectivity index (χ2n) is 1.48. The Hall–Kier alpha value is 0.756. The van der Waals surface area contributed by atoms with E-state index in [0.29, 0.717) is 5.75 Å². The minimum absolute atomic E-state index is 0. The fourth-order valence-electron chi connectivity index (χ4n) is 0.524. The minimum atomic E-state index is -0.305. The van der Waals surface area contributed by atoms with Crippen molar-refractivity contribution in [3.05, 3.63) is 30.3 Å². The van der Waals surface area contributed by atoms with Gasteiger partial charge in [0.05, 0.1) is 0 Å². The quantitative estimate of drug-likeness (QED) is 0.510. The van der Waals surface area contributed by atoms with Crippen molar-refractivity contribution >= 4 is 60.1 Å². The molecular weight excluding hydrogens is 174 g/mol. The Bertz CT molecular complexity index is 190. The number of hydrogen-bond acceptors (Lipinski definition) is 2. The molecule has 0 unspecified atom stereocenters. The molecule has 1 rings (SSSR count). The summed E-state index contributed by atoms with van der Waals surface area (Å²) in [6.07, 6.45) is 0. The normalized spacial score (nSPS) is 8.40. The van der Waals surface area contributed by atoms with Crippen LogP contribution >= 0.6 is 8.69 Å². The molecule has 0 radical (unpaired) electrons. The molecule has 1 aromatic carbocycles. The van der Waals surface area contributed by atoms with Gasteiger partial charge in [-0.2, -0.15) is 0 Å². The van der Waals surface area contributed by atoms with E-state index in [-0.39, 0.29) is 60.1 Å². The molecule has 0 fully saturated rings. The van der Waals surface area contributed by atoms with Crippen LogP contribution in [0.5, 0.6) is 5.75 Å². The molecule has 0 aliphatic rings. The van der Waals surface area contributed by atoms with Gasteiger partial charge in [-0.1, -0.05) is 18.2 Å². The number of hydrogen-bond donors (Lipinski definition) is 0. The molecule has 0 aliphatic heterocycles. The molecule has 10 heavy (non-hydrogen) atoms. The van der Waals surface area contributed by atoms with Gasteiger partial charge in [-0.05, 0) is 12.1 Å². The van der Waals surface area contributed by atoms with Crippen LogP contribution < -0.4 is 4.52 Å². The Labute approximate surface area is 104 Å². The summed E-state index contributed by atoms with van der Waals surface area (Å²) in [5.41, 5.74) is 0. The number of para-hydroxylation sites is 1. The van der Waals surface area contributed by atoms with E-state index in [0.717, 1.165) is 0 Å². The van der Waals surface area contributed by atoms with E-state index in [1.54, 1.807) is 12.1 Å². The van der Waals surface area contributed by atoms with E-state index in [4.69, 9.17) is 0 Å². The van der Waals surface area contributed by atoms with E-state index in [1.165, 1.54) is 0 Å². The number of benzene rings is 1. The first-order valence-electron chi connectivity index (χ1n) is 2.48. The summed E-state index contributed by atoms with van der Waals surface area (Å²) >= 11 is 0. The molecule has 0 saturated carbocycles. The maximum absolute atomic E-state index is 9.85. The van der Waals surface area contributed by atoms with Crippen LogP contribution in [-0.4, -0.2) is 51.4 Å². The zero-order valence-corrected chi connectivity index (χ0v) is 5.54. The summed E-state index contributed by atoms with van der Waals surface area (Å²) in [5.74, 6) is 0.620. The molecule has 0 saturated heterocycles. The van der Waals surface area contributed by atoms with Gasteiger partial charge in [-0.15, -0.1) is 0 Å². The second-order valence-corrected chi connectivity index (χ2v) is 1.81. The Morgan fingerprint density at radius 3 is 2.30 bits per heavy atom. The molecule has 0 bridgehead atoms. The van der Waals surface area contributed by atoms with Gasteiger partial charge in [0.1, 0.15) is 5.75 Å². The Morgan fingerprint density at radius 1 is 1.20 bits per heavy atom. The van der Waals surface area contributed by atoms with Crippen molar-refractivity contribution in [2.24, 2.45) is 0 Å². The van der Waals surface area contributed by atoms with Crippen molar-refractivity contribution in [3.8, 4) is 5.75 Å². The zero-order valence-electron chi connectivity index (χ0n) is 4.65. The van der Waals surface area contributed by atoms with Crippen LogP contribution in [0.25, 0.3) is 0 Å². The van der Waals surface area contributed by atoms with Gasteiger partial charge in [-0.3, -0.25) is 0 Å². The molecule has 0 atom stereocenters. The van der Waals surface area contributed by atoms with Crippen LogP contribution in [-0.2, 0) is 4.57 Å². The molecule has 2 nitrogen and oxygen atoms in total. The molecule has 0 aliphatic carbocycles. The van der Waals surface area contributed by atoms with Gasteiger partial charge < -0.3 is 4.52 Å². The predicted octanol–water partition coefficient (Wildman–Crippen LogP) is 1.62. The van der Waals surface area contributed by atoms with Crippen molar-refractivity contribution in [1.82, 2.24) is 0 Å². The first-order chi connectivity index (χ1) is 4.43. The van der Waals surface area contributed by atoms with E-state index in [2.05, 4.69) is 4.52 Å². The van der Waals surface area contributed by atoms with Gasteiger partial charge in [0.2, 0.25) is 0 Å². The molecule has 0 spiro atoms. The SMILES string of the molecule is O=POc1ccccc1.[KH]. The molecule has 0 heterocycles. The fourth-order valence-corrected chi connectivity index (χ4v) is 0.732. The Balaban J connectivity index is 0.000000810. The van der Waals surface area contributed by atoms with Gasteiger partial charge in [0, 0.05) is 0 Å². The van der Waals surface area contributed by atoms with E-state index >= 15 is 0 Å². The maximum atomic E-state index is 9.85. The van der Waals surface area contributed by atoms with Crippen LogP contribution in [0.4, 0.5) is 0 Å². The molecule has 0 aromatic heterocycles. The molecule has 4 heteroatoms. The van der Waals surface area contributed by atoms with Crippen LogP contribution in [0.3, 0.4) is 0 Å². The van der Waals surface area contributed by atoms with Crippen molar-refractivity contribution < 1.29 is 9.09 Å². The average Bonchev–Trinajstić information content (AvgIpc) is 1.91. The molecule has 0 amide bonds. The molecule has 1 aromatic rings. The van der Waals surface area contributed by atoms with E-state index < -0.39 is 0 Å². The Morgan fingerprint density at radius 2 is 1.80 bits per heavy atom. The summed E-state index contributed by atoms with van der Waals surface area (Å²) in [6, 6.07) is 8.99. The van der Waals surface area contributed by atoms with Crippen molar-refractivity contribution in [2.75, 3.05) is 0 Å². The fraction of sp³-hybridized carbons (Fsp3) is 0. The Kier molecular flexibility index (Phi) is 6.95. The van der Waals surface area contributed by atoms with Crippen molar-refractivity contribution in [1.29, 1.82) is 0 Å². The third-order valence-corrected chi connectivity index (χ3v) is 1.17.